The topological polar surface area (TPSA) is 92.8 Å². The van der Waals surface area contributed by atoms with Crippen molar-refractivity contribution in [3.05, 3.63) is 65.2 Å². The van der Waals surface area contributed by atoms with Gasteiger partial charge in [-0.1, -0.05) is 48.4 Å². The summed E-state index contributed by atoms with van der Waals surface area (Å²) in [5.41, 5.74) is 0.956. The quantitative estimate of drug-likeness (QED) is 0.479. The van der Waals surface area contributed by atoms with Crippen LogP contribution in [0.25, 0.3) is 6.08 Å². The van der Waals surface area contributed by atoms with E-state index >= 15 is 0 Å². The molecule has 2 aromatic carbocycles. The maximum atomic E-state index is 12.9. The first-order chi connectivity index (χ1) is 15.3. The average molecular weight is 477 g/mol. The molecule has 0 spiro atoms. The van der Waals surface area contributed by atoms with Gasteiger partial charge in [0.25, 0.3) is 5.91 Å². The van der Waals surface area contributed by atoms with Crippen molar-refractivity contribution in [1.29, 1.82) is 0 Å². The minimum atomic E-state index is -3.68. The van der Waals surface area contributed by atoms with Crippen LogP contribution >= 0.6 is 11.6 Å². The third kappa shape index (κ3) is 6.18. The third-order valence-electron chi connectivity index (χ3n) is 5.02. The molecule has 0 aliphatic carbocycles. The Morgan fingerprint density at radius 1 is 1.09 bits per heavy atom. The van der Waals surface area contributed by atoms with E-state index in [-0.39, 0.29) is 15.6 Å². The first-order valence-electron chi connectivity index (χ1n) is 10.3. The highest BCUT2D eigenvalue weighted by Gasteiger charge is 2.27. The van der Waals surface area contributed by atoms with Crippen molar-refractivity contribution >= 4 is 45.3 Å². The van der Waals surface area contributed by atoms with Crippen LogP contribution in [0.15, 0.2) is 59.5 Å². The molecule has 1 amide bonds. The van der Waals surface area contributed by atoms with E-state index < -0.39 is 28.0 Å². The Kier molecular flexibility index (Phi) is 8.06. The Labute approximate surface area is 193 Å². The molecule has 1 aliphatic heterocycles. The number of sulfonamides is 1. The number of hydrogen-bond donors (Lipinski definition) is 1. The van der Waals surface area contributed by atoms with E-state index in [1.807, 2.05) is 30.3 Å². The van der Waals surface area contributed by atoms with Gasteiger partial charge in [-0.2, -0.15) is 4.31 Å². The van der Waals surface area contributed by atoms with Crippen molar-refractivity contribution in [2.75, 3.05) is 18.4 Å². The molecule has 1 aliphatic rings. The molecule has 1 N–H and O–H groups in total. The highest BCUT2D eigenvalue weighted by atomic mass is 35.5. The van der Waals surface area contributed by atoms with Gasteiger partial charge in [0.2, 0.25) is 10.0 Å². The standard InChI is InChI=1S/C23H25ClN2O5S/c1-17(31-22(27)13-10-18-8-4-2-5-9-18)23(28)25-21-16-19(11-12-20(21)24)32(29,30)26-14-6-3-7-15-26/h2,4-5,8-13,16-17H,3,6-7,14-15H2,1H3,(H,25,28). The number of halogens is 1. The zero-order chi connectivity index (χ0) is 23.1. The molecule has 7 nitrogen and oxygen atoms in total. The molecule has 1 saturated heterocycles. The number of rotatable bonds is 7. The lowest BCUT2D eigenvalue weighted by Gasteiger charge is -2.26. The highest BCUT2D eigenvalue weighted by molar-refractivity contribution is 7.89. The molecule has 0 radical (unpaired) electrons. The minimum Gasteiger partial charge on any atom is -0.449 e. The number of nitrogens with zero attached hydrogens (tertiary/aromatic N) is 1. The molecule has 32 heavy (non-hydrogen) atoms. The number of ether oxygens (including phenoxy) is 1. The molecule has 1 unspecified atom stereocenters. The van der Waals surface area contributed by atoms with Gasteiger partial charge in [-0.05, 0) is 49.6 Å². The van der Waals surface area contributed by atoms with Crippen LogP contribution in [0.4, 0.5) is 5.69 Å². The second kappa shape index (κ2) is 10.8. The summed E-state index contributed by atoms with van der Waals surface area (Å²) in [7, 11) is -3.68. The second-order valence-electron chi connectivity index (χ2n) is 7.42. The highest BCUT2D eigenvalue weighted by Crippen LogP contribution is 2.28. The van der Waals surface area contributed by atoms with Crippen molar-refractivity contribution in [1.82, 2.24) is 4.31 Å². The van der Waals surface area contributed by atoms with Gasteiger partial charge in [-0.15, -0.1) is 0 Å². The van der Waals surface area contributed by atoms with Crippen LogP contribution in [0.3, 0.4) is 0 Å². The Morgan fingerprint density at radius 3 is 2.47 bits per heavy atom. The Morgan fingerprint density at radius 2 is 1.78 bits per heavy atom. The van der Waals surface area contributed by atoms with Gasteiger partial charge in [-0.3, -0.25) is 4.79 Å². The number of nitrogens with one attached hydrogen (secondary N) is 1. The smallest absolute Gasteiger partial charge is 0.331 e. The molecule has 0 saturated carbocycles. The van der Waals surface area contributed by atoms with E-state index in [4.69, 9.17) is 16.3 Å². The normalized spacial score (nSPS) is 15.9. The fourth-order valence-electron chi connectivity index (χ4n) is 3.24. The second-order valence-corrected chi connectivity index (χ2v) is 9.76. The van der Waals surface area contributed by atoms with E-state index in [0.717, 1.165) is 24.8 Å². The molecule has 1 fully saturated rings. The monoisotopic (exact) mass is 476 g/mol. The molecule has 2 aromatic rings. The van der Waals surface area contributed by atoms with E-state index in [0.29, 0.717) is 13.1 Å². The Hall–Kier alpha value is -2.68. The third-order valence-corrected chi connectivity index (χ3v) is 7.25. The zero-order valence-corrected chi connectivity index (χ0v) is 19.2. The Bertz CT molecular complexity index is 1100. The summed E-state index contributed by atoms with van der Waals surface area (Å²) in [6.45, 7) is 2.36. The van der Waals surface area contributed by atoms with Gasteiger partial charge < -0.3 is 10.1 Å². The van der Waals surface area contributed by atoms with Gasteiger partial charge in [0, 0.05) is 19.2 Å². The van der Waals surface area contributed by atoms with Crippen LogP contribution in [-0.2, 0) is 24.3 Å². The number of benzene rings is 2. The predicted octanol–water partition coefficient (Wildman–Crippen LogP) is 4.10. The lowest BCUT2D eigenvalue weighted by Crippen LogP contribution is -2.35. The van der Waals surface area contributed by atoms with Crippen molar-refractivity contribution in [2.24, 2.45) is 0 Å². The fourth-order valence-corrected chi connectivity index (χ4v) is 4.95. The van der Waals surface area contributed by atoms with Gasteiger partial charge in [-0.25, -0.2) is 13.2 Å². The number of hydrogen-bond acceptors (Lipinski definition) is 5. The largest absolute Gasteiger partial charge is 0.449 e. The van der Waals surface area contributed by atoms with Gasteiger partial charge >= 0.3 is 5.97 Å². The molecular formula is C23H25ClN2O5S. The molecule has 1 heterocycles. The number of esters is 1. The number of anilines is 1. The van der Waals surface area contributed by atoms with Crippen molar-refractivity contribution < 1.29 is 22.7 Å². The summed E-state index contributed by atoms with van der Waals surface area (Å²) < 4.78 is 32.4. The van der Waals surface area contributed by atoms with Gasteiger partial charge in [0.15, 0.2) is 6.10 Å². The van der Waals surface area contributed by atoms with Crippen LogP contribution in [0, 0.1) is 0 Å². The van der Waals surface area contributed by atoms with Crippen LogP contribution in [0.5, 0.6) is 0 Å². The Balaban J connectivity index is 1.65. The first kappa shape index (κ1) is 24.0. The van der Waals surface area contributed by atoms with Crippen LogP contribution in [0.1, 0.15) is 31.7 Å². The van der Waals surface area contributed by atoms with Gasteiger partial charge in [0.05, 0.1) is 15.6 Å². The summed E-state index contributed by atoms with van der Waals surface area (Å²) in [5, 5.41) is 2.73. The van der Waals surface area contributed by atoms with E-state index in [1.165, 1.54) is 35.5 Å². The molecule has 0 aromatic heterocycles. The number of amides is 1. The number of carbonyl (C=O) groups excluding carboxylic acids is 2. The fraction of sp³-hybridized carbons (Fsp3) is 0.304. The summed E-state index contributed by atoms with van der Waals surface area (Å²) in [4.78, 5) is 24.6. The van der Waals surface area contributed by atoms with Gasteiger partial charge in [0.1, 0.15) is 0 Å². The molecule has 9 heteroatoms. The maximum Gasteiger partial charge on any atom is 0.331 e. The summed E-state index contributed by atoms with van der Waals surface area (Å²) >= 11 is 6.16. The average Bonchev–Trinajstić information content (AvgIpc) is 2.80. The molecule has 0 bridgehead atoms. The first-order valence-corrected chi connectivity index (χ1v) is 12.1. The van der Waals surface area contributed by atoms with Crippen LogP contribution < -0.4 is 5.32 Å². The summed E-state index contributed by atoms with van der Waals surface area (Å²) in [6.07, 6.45) is 4.35. The van der Waals surface area contributed by atoms with Crippen LogP contribution in [0.2, 0.25) is 5.02 Å². The summed E-state index contributed by atoms with van der Waals surface area (Å²) in [5.74, 6) is -1.30. The van der Waals surface area contributed by atoms with Crippen molar-refractivity contribution in [3.63, 3.8) is 0 Å². The number of carbonyl (C=O) groups is 2. The van der Waals surface area contributed by atoms with Crippen molar-refractivity contribution in [2.45, 2.75) is 37.2 Å². The molecule has 3 rings (SSSR count). The molecule has 1 atom stereocenters. The lowest BCUT2D eigenvalue weighted by atomic mass is 10.2. The minimum absolute atomic E-state index is 0.0505. The van der Waals surface area contributed by atoms with E-state index in [2.05, 4.69) is 5.32 Å². The molecule has 170 valence electrons. The summed E-state index contributed by atoms with van der Waals surface area (Å²) in [6, 6.07) is 13.4. The van der Waals surface area contributed by atoms with Crippen LogP contribution in [-0.4, -0.2) is 43.8 Å². The maximum absolute atomic E-state index is 12.9. The zero-order valence-electron chi connectivity index (χ0n) is 17.7. The SMILES string of the molecule is CC(OC(=O)C=Cc1ccccc1)C(=O)Nc1cc(S(=O)(=O)N2CCCCC2)ccc1Cl. The lowest BCUT2D eigenvalue weighted by molar-refractivity contribution is -0.148. The van der Waals surface area contributed by atoms with E-state index in [9.17, 15) is 18.0 Å². The van der Waals surface area contributed by atoms with E-state index in [1.54, 1.807) is 6.08 Å². The predicted molar refractivity (Wildman–Crippen MR) is 124 cm³/mol. The molecular weight excluding hydrogens is 452 g/mol. The van der Waals surface area contributed by atoms with Crippen molar-refractivity contribution in [3.8, 4) is 0 Å². The number of piperidine rings is 1.